The van der Waals surface area contributed by atoms with Gasteiger partial charge in [0.15, 0.2) is 0 Å². The summed E-state index contributed by atoms with van der Waals surface area (Å²) >= 11 is 0. The van der Waals surface area contributed by atoms with Gasteiger partial charge in [-0.15, -0.1) is 0 Å². The van der Waals surface area contributed by atoms with Gasteiger partial charge in [0.2, 0.25) is 0 Å². The van der Waals surface area contributed by atoms with Crippen LogP contribution in [0.2, 0.25) is 0 Å². The van der Waals surface area contributed by atoms with Gasteiger partial charge in [0.1, 0.15) is 12.1 Å². The molecule has 102 valence electrons. The average molecular weight is 272 g/mol. The summed E-state index contributed by atoms with van der Waals surface area (Å²) < 4.78 is 18.7. The van der Waals surface area contributed by atoms with Crippen molar-refractivity contribution < 1.29 is 13.6 Å². The van der Waals surface area contributed by atoms with Crippen molar-refractivity contribution in [1.82, 2.24) is 4.90 Å². The lowest BCUT2D eigenvalue weighted by Gasteiger charge is -2.20. The summed E-state index contributed by atoms with van der Waals surface area (Å²) in [4.78, 5) is 13.7. The molecule has 0 bridgehead atoms. The van der Waals surface area contributed by atoms with Crippen LogP contribution in [0.4, 0.5) is 4.39 Å². The van der Waals surface area contributed by atoms with Crippen LogP contribution in [0.3, 0.4) is 0 Å². The number of nitrogens with zero attached hydrogens (tertiary/aromatic N) is 2. The molecule has 1 aromatic carbocycles. The van der Waals surface area contributed by atoms with Gasteiger partial charge >= 0.3 is 0 Å². The largest absolute Gasteiger partial charge is 0.472 e. The van der Waals surface area contributed by atoms with E-state index in [1.165, 1.54) is 35.6 Å². The second-order valence-corrected chi connectivity index (χ2v) is 4.25. The van der Waals surface area contributed by atoms with Crippen LogP contribution in [-0.4, -0.2) is 17.4 Å². The van der Waals surface area contributed by atoms with Gasteiger partial charge in [-0.3, -0.25) is 4.79 Å². The van der Waals surface area contributed by atoms with Crippen LogP contribution >= 0.6 is 0 Å². The number of carbonyl (C=O) groups is 1. The second-order valence-electron chi connectivity index (χ2n) is 4.25. The number of benzene rings is 1. The molecule has 0 aliphatic heterocycles. The number of halogens is 1. The zero-order chi connectivity index (χ0) is 14.5. The molecule has 0 unspecified atom stereocenters. The van der Waals surface area contributed by atoms with Crippen LogP contribution in [0.5, 0.6) is 0 Å². The number of hydrogen-bond acceptors (Lipinski definition) is 3. The molecule has 0 N–H and O–H groups in total. The topological polar surface area (TPSA) is 57.2 Å². The van der Waals surface area contributed by atoms with Crippen molar-refractivity contribution in [3.8, 4) is 6.07 Å². The predicted molar refractivity (Wildman–Crippen MR) is 70.2 cm³/mol. The van der Waals surface area contributed by atoms with E-state index in [0.717, 1.165) is 0 Å². The van der Waals surface area contributed by atoms with Crippen molar-refractivity contribution in [3.05, 3.63) is 59.3 Å². The van der Waals surface area contributed by atoms with Crippen LogP contribution in [0.15, 0.2) is 41.2 Å². The lowest BCUT2D eigenvalue weighted by Crippen LogP contribution is -2.30. The molecule has 0 saturated heterocycles. The molecule has 4 nitrogen and oxygen atoms in total. The SMILES string of the molecule is CCN(Cc1ccc(C#N)cc1F)C(=O)c1ccoc1. The molecule has 0 radical (unpaired) electrons. The first-order valence-corrected chi connectivity index (χ1v) is 6.15. The molecule has 0 aliphatic carbocycles. The fourth-order valence-corrected chi connectivity index (χ4v) is 1.85. The summed E-state index contributed by atoms with van der Waals surface area (Å²) in [6, 6.07) is 7.68. The molecule has 0 spiro atoms. The van der Waals surface area contributed by atoms with Crippen molar-refractivity contribution in [3.63, 3.8) is 0 Å². The normalized spacial score (nSPS) is 10.1. The maximum atomic E-state index is 13.8. The molecule has 1 heterocycles. The van der Waals surface area contributed by atoms with Crippen molar-refractivity contribution in [2.75, 3.05) is 6.54 Å². The molecule has 0 aliphatic rings. The Labute approximate surface area is 116 Å². The quantitative estimate of drug-likeness (QED) is 0.859. The van der Waals surface area contributed by atoms with E-state index in [1.54, 1.807) is 6.07 Å². The summed E-state index contributed by atoms with van der Waals surface area (Å²) in [5, 5.41) is 8.70. The van der Waals surface area contributed by atoms with Crippen LogP contribution in [-0.2, 0) is 6.54 Å². The van der Waals surface area contributed by atoms with Gasteiger partial charge in [0.25, 0.3) is 5.91 Å². The molecule has 2 rings (SSSR count). The van der Waals surface area contributed by atoms with Gasteiger partial charge in [-0.2, -0.15) is 5.26 Å². The smallest absolute Gasteiger partial charge is 0.257 e. The molecule has 1 aromatic heterocycles. The minimum absolute atomic E-state index is 0.151. The van der Waals surface area contributed by atoms with Gasteiger partial charge in [-0.1, -0.05) is 6.07 Å². The zero-order valence-electron chi connectivity index (χ0n) is 11.0. The number of hydrogen-bond donors (Lipinski definition) is 0. The Morgan fingerprint density at radius 3 is 2.80 bits per heavy atom. The monoisotopic (exact) mass is 272 g/mol. The Kier molecular flexibility index (Phi) is 4.16. The maximum Gasteiger partial charge on any atom is 0.257 e. The minimum Gasteiger partial charge on any atom is -0.472 e. The highest BCUT2D eigenvalue weighted by Gasteiger charge is 2.17. The van der Waals surface area contributed by atoms with E-state index in [2.05, 4.69) is 0 Å². The number of furan rings is 1. The molecular formula is C15H13FN2O2. The lowest BCUT2D eigenvalue weighted by atomic mass is 10.1. The van der Waals surface area contributed by atoms with Crippen molar-refractivity contribution in [2.24, 2.45) is 0 Å². The minimum atomic E-state index is -0.484. The third-order valence-corrected chi connectivity index (χ3v) is 2.98. The van der Waals surface area contributed by atoms with Crippen LogP contribution in [0.25, 0.3) is 0 Å². The highest BCUT2D eigenvalue weighted by Crippen LogP contribution is 2.15. The summed E-state index contributed by atoms with van der Waals surface area (Å²) in [6.07, 6.45) is 2.78. The third-order valence-electron chi connectivity index (χ3n) is 2.98. The van der Waals surface area contributed by atoms with E-state index >= 15 is 0 Å². The van der Waals surface area contributed by atoms with E-state index in [4.69, 9.17) is 9.68 Å². The molecule has 0 atom stereocenters. The predicted octanol–water partition coefficient (Wildman–Crippen LogP) is 2.95. The molecule has 1 amide bonds. The first kappa shape index (κ1) is 13.8. The van der Waals surface area contributed by atoms with Gasteiger partial charge in [0, 0.05) is 18.7 Å². The first-order valence-electron chi connectivity index (χ1n) is 6.15. The number of nitriles is 1. The third kappa shape index (κ3) is 2.86. The summed E-state index contributed by atoms with van der Waals surface area (Å²) in [5.41, 5.74) is 1.07. The Morgan fingerprint density at radius 1 is 1.45 bits per heavy atom. The van der Waals surface area contributed by atoms with Gasteiger partial charge in [0.05, 0.1) is 23.5 Å². The van der Waals surface area contributed by atoms with Gasteiger partial charge in [-0.25, -0.2) is 4.39 Å². The number of amides is 1. The summed E-state index contributed by atoms with van der Waals surface area (Å²) in [5.74, 6) is -0.701. The van der Waals surface area contributed by atoms with Crippen molar-refractivity contribution in [1.29, 1.82) is 5.26 Å². The average Bonchev–Trinajstić information content (AvgIpc) is 2.99. The highest BCUT2D eigenvalue weighted by molar-refractivity contribution is 5.93. The molecule has 0 saturated carbocycles. The fourth-order valence-electron chi connectivity index (χ4n) is 1.85. The zero-order valence-corrected chi connectivity index (χ0v) is 11.0. The Morgan fingerprint density at radius 2 is 2.25 bits per heavy atom. The maximum absolute atomic E-state index is 13.8. The molecular weight excluding hydrogens is 259 g/mol. The standard InChI is InChI=1S/C15H13FN2O2/c1-2-18(15(19)13-5-6-20-10-13)9-12-4-3-11(8-17)7-14(12)16/h3-7,10H,2,9H2,1H3. The molecule has 0 fully saturated rings. The Hall–Kier alpha value is -2.61. The van der Waals surface area contributed by atoms with Crippen LogP contribution < -0.4 is 0 Å². The fraction of sp³-hybridized carbons (Fsp3) is 0.200. The first-order chi connectivity index (χ1) is 9.65. The molecule has 5 heteroatoms. The number of carbonyl (C=O) groups excluding carboxylic acids is 1. The molecule has 20 heavy (non-hydrogen) atoms. The van der Waals surface area contributed by atoms with Gasteiger partial charge < -0.3 is 9.32 Å². The van der Waals surface area contributed by atoms with E-state index < -0.39 is 5.82 Å². The van der Waals surface area contributed by atoms with Crippen LogP contribution in [0.1, 0.15) is 28.4 Å². The van der Waals surface area contributed by atoms with E-state index in [1.807, 2.05) is 13.0 Å². The Balaban J connectivity index is 2.19. The van der Waals surface area contributed by atoms with Crippen LogP contribution in [0, 0.1) is 17.1 Å². The van der Waals surface area contributed by atoms with Crippen molar-refractivity contribution in [2.45, 2.75) is 13.5 Å². The Bertz CT molecular complexity index is 644. The van der Waals surface area contributed by atoms with E-state index in [-0.39, 0.29) is 18.0 Å². The summed E-state index contributed by atoms with van der Waals surface area (Å²) in [7, 11) is 0. The molecule has 2 aromatic rings. The summed E-state index contributed by atoms with van der Waals surface area (Å²) in [6.45, 7) is 2.42. The highest BCUT2D eigenvalue weighted by atomic mass is 19.1. The van der Waals surface area contributed by atoms with Crippen molar-refractivity contribution >= 4 is 5.91 Å². The lowest BCUT2D eigenvalue weighted by molar-refractivity contribution is 0.0750. The number of rotatable bonds is 4. The second kappa shape index (κ2) is 6.02. The van der Waals surface area contributed by atoms with Gasteiger partial charge in [-0.05, 0) is 25.1 Å². The van der Waals surface area contributed by atoms with E-state index in [0.29, 0.717) is 17.7 Å². The van der Waals surface area contributed by atoms with E-state index in [9.17, 15) is 9.18 Å².